The highest BCUT2D eigenvalue weighted by Gasteiger charge is 2.43. The van der Waals surface area contributed by atoms with E-state index in [-0.39, 0.29) is 67.8 Å². The number of piperazine rings is 1. The third kappa shape index (κ3) is 7.66. The first kappa shape index (κ1) is 30.5. The van der Waals surface area contributed by atoms with Crippen molar-refractivity contribution in [3.63, 3.8) is 0 Å². The Morgan fingerprint density at radius 1 is 0.902 bits per heavy atom. The van der Waals surface area contributed by atoms with Crippen LogP contribution < -0.4 is 10.2 Å². The molecule has 1 saturated carbocycles. The van der Waals surface area contributed by atoms with Crippen LogP contribution in [0.25, 0.3) is 0 Å². The van der Waals surface area contributed by atoms with Crippen LogP contribution in [0.15, 0.2) is 41.6 Å². The second-order valence-corrected chi connectivity index (χ2v) is 10.1. The van der Waals surface area contributed by atoms with Crippen molar-refractivity contribution in [2.75, 3.05) is 43.0 Å². The number of nitrogens with zero attached hydrogens (tertiary/aromatic N) is 3. The minimum absolute atomic E-state index is 0.0105. The molecule has 2 fully saturated rings. The van der Waals surface area contributed by atoms with Gasteiger partial charge >= 0.3 is 12.4 Å². The average Bonchev–Trinajstić information content (AvgIpc) is 2.95. The topological polar surface area (TPSA) is 74.2 Å². The Hall–Kier alpha value is -3.42. The molecule has 0 aromatic heterocycles. The SMILES string of the molecule is O=Nc1ccc(NC2CCC(OCC(=O)N3CCN(c4ccc(C(F)(F)F)c(C(F)(F)F)c4)CC3)CC2)cc1CF. The van der Waals surface area contributed by atoms with E-state index in [1.165, 1.54) is 15.9 Å². The highest BCUT2D eigenvalue weighted by Crippen LogP contribution is 2.42. The molecule has 14 heteroatoms. The number of ether oxygens (including phenoxy) is 1. The molecule has 0 bridgehead atoms. The predicted molar refractivity (Wildman–Crippen MR) is 138 cm³/mol. The first-order valence-electron chi connectivity index (χ1n) is 13.1. The van der Waals surface area contributed by atoms with Gasteiger partial charge in [-0.2, -0.15) is 26.3 Å². The quantitative estimate of drug-likeness (QED) is 0.274. The van der Waals surface area contributed by atoms with Crippen molar-refractivity contribution >= 4 is 23.0 Å². The fourth-order valence-electron chi connectivity index (χ4n) is 5.19. The van der Waals surface area contributed by atoms with Crippen molar-refractivity contribution in [1.82, 2.24) is 4.90 Å². The van der Waals surface area contributed by atoms with Crippen LogP contribution in [-0.2, 0) is 28.6 Å². The van der Waals surface area contributed by atoms with Gasteiger partial charge in [-0.1, -0.05) is 0 Å². The zero-order valence-corrected chi connectivity index (χ0v) is 21.9. The molecule has 0 spiro atoms. The summed E-state index contributed by atoms with van der Waals surface area (Å²) in [4.78, 5) is 26.5. The van der Waals surface area contributed by atoms with Crippen LogP contribution in [0.2, 0.25) is 0 Å². The average molecular weight is 591 g/mol. The van der Waals surface area contributed by atoms with Gasteiger partial charge < -0.3 is 19.9 Å². The summed E-state index contributed by atoms with van der Waals surface area (Å²) in [6.07, 6.45) is -7.53. The first-order chi connectivity index (χ1) is 19.4. The molecule has 224 valence electrons. The molecular formula is C27H29F7N4O3. The molecule has 1 heterocycles. The molecule has 2 aromatic rings. The fourth-order valence-corrected chi connectivity index (χ4v) is 5.19. The largest absolute Gasteiger partial charge is 0.417 e. The lowest BCUT2D eigenvalue weighted by Gasteiger charge is -2.37. The Morgan fingerprint density at radius 3 is 2.15 bits per heavy atom. The molecular weight excluding hydrogens is 561 g/mol. The van der Waals surface area contributed by atoms with E-state index in [4.69, 9.17) is 4.74 Å². The Balaban J connectivity index is 1.22. The van der Waals surface area contributed by atoms with Crippen molar-refractivity contribution in [2.24, 2.45) is 5.18 Å². The summed E-state index contributed by atoms with van der Waals surface area (Å²) >= 11 is 0. The van der Waals surface area contributed by atoms with Crippen molar-refractivity contribution in [2.45, 2.75) is 56.9 Å². The molecule has 1 aliphatic heterocycles. The lowest BCUT2D eigenvalue weighted by atomic mass is 9.92. The molecule has 0 unspecified atom stereocenters. The standard InChI is InChI=1S/C27H29F7N4O3/c28-15-17-13-19(3-8-24(17)36-40)35-18-1-5-21(6-2-18)41-16-25(39)38-11-9-37(10-12-38)20-4-7-22(26(29,30)31)23(14-20)27(32,33)34/h3-4,7-8,13-14,18,21,35H,1-2,5-6,9-12,15-16H2. The van der Waals surface area contributed by atoms with Gasteiger partial charge in [0.2, 0.25) is 5.91 Å². The number of carbonyl (C=O) groups is 1. The Bertz CT molecular complexity index is 1220. The molecule has 1 saturated heterocycles. The maximum absolute atomic E-state index is 13.3. The summed E-state index contributed by atoms with van der Waals surface area (Å²) in [5, 5.41) is 6.13. The summed E-state index contributed by atoms with van der Waals surface area (Å²) in [6.45, 7) is -0.227. The van der Waals surface area contributed by atoms with Crippen LogP contribution in [0.4, 0.5) is 47.8 Å². The minimum atomic E-state index is -5.16. The number of hydrogen-bond donors (Lipinski definition) is 1. The maximum atomic E-state index is 13.3. The van der Waals surface area contributed by atoms with Crippen LogP contribution in [0, 0.1) is 4.91 Å². The van der Waals surface area contributed by atoms with Gasteiger partial charge in [-0.3, -0.25) is 4.79 Å². The molecule has 2 aliphatic rings. The smallest absolute Gasteiger partial charge is 0.382 e. The van der Waals surface area contributed by atoms with E-state index in [1.54, 1.807) is 12.1 Å². The van der Waals surface area contributed by atoms with E-state index in [2.05, 4.69) is 10.5 Å². The van der Waals surface area contributed by atoms with Crippen LogP contribution in [-0.4, -0.2) is 55.7 Å². The zero-order chi connectivity index (χ0) is 29.8. The molecule has 41 heavy (non-hydrogen) atoms. The summed E-state index contributed by atoms with van der Waals surface area (Å²) in [5.41, 5.74) is -2.49. The van der Waals surface area contributed by atoms with Crippen molar-refractivity contribution < 1.29 is 40.3 Å². The number of rotatable bonds is 8. The van der Waals surface area contributed by atoms with E-state index in [1.807, 2.05) is 0 Å². The lowest BCUT2D eigenvalue weighted by molar-refractivity contribution is -0.162. The van der Waals surface area contributed by atoms with Crippen molar-refractivity contribution in [1.29, 1.82) is 0 Å². The minimum Gasteiger partial charge on any atom is -0.382 e. The summed E-state index contributed by atoms with van der Waals surface area (Å²) in [7, 11) is 0. The van der Waals surface area contributed by atoms with Gasteiger partial charge in [-0.05, 0) is 67.3 Å². The van der Waals surface area contributed by atoms with Crippen molar-refractivity contribution in [3.8, 4) is 0 Å². The molecule has 1 N–H and O–H groups in total. The highest BCUT2D eigenvalue weighted by molar-refractivity contribution is 5.77. The third-order valence-electron chi connectivity index (χ3n) is 7.42. The predicted octanol–water partition coefficient (Wildman–Crippen LogP) is 6.68. The normalized spacial score (nSPS) is 20.2. The monoisotopic (exact) mass is 590 g/mol. The van der Waals surface area contributed by atoms with Gasteiger partial charge in [0.1, 0.15) is 19.0 Å². The fraction of sp³-hybridized carbons (Fsp3) is 0.519. The number of hydrogen-bond acceptors (Lipinski definition) is 6. The Labute approximate surface area is 231 Å². The van der Waals surface area contributed by atoms with E-state index in [9.17, 15) is 40.4 Å². The molecule has 2 aromatic carbocycles. The van der Waals surface area contributed by atoms with E-state index in [0.29, 0.717) is 30.7 Å². The zero-order valence-electron chi connectivity index (χ0n) is 21.9. The first-order valence-corrected chi connectivity index (χ1v) is 13.1. The Kier molecular flexibility index (Phi) is 9.40. The molecule has 7 nitrogen and oxygen atoms in total. The second kappa shape index (κ2) is 12.6. The number of halogens is 7. The van der Waals surface area contributed by atoms with Gasteiger partial charge in [0.15, 0.2) is 0 Å². The van der Waals surface area contributed by atoms with Gasteiger partial charge in [0, 0.05) is 49.2 Å². The van der Waals surface area contributed by atoms with Crippen LogP contribution >= 0.6 is 0 Å². The van der Waals surface area contributed by atoms with Crippen LogP contribution in [0.3, 0.4) is 0 Å². The van der Waals surface area contributed by atoms with E-state index < -0.39 is 30.2 Å². The molecule has 0 radical (unpaired) electrons. The number of nitroso groups, excluding NO2 is 1. The van der Waals surface area contributed by atoms with E-state index >= 15 is 0 Å². The summed E-state index contributed by atoms with van der Waals surface area (Å²) in [5.74, 6) is -0.268. The van der Waals surface area contributed by atoms with Gasteiger partial charge in [0.25, 0.3) is 0 Å². The number of carbonyl (C=O) groups excluding carboxylic acids is 1. The number of benzene rings is 2. The van der Waals surface area contributed by atoms with Gasteiger partial charge in [-0.25, -0.2) is 4.39 Å². The summed E-state index contributed by atoms with van der Waals surface area (Å²) < 4.78 is 98.0. The van der Waals surface area contributed by atoms with Crippen LogP contribution in [0.1, 0.15) is 42.4 Å². The second-order valence-electron chi connectivity index (χ2n) is 10.1. The number of amides is 1. The Morgan fingerprint density at radius 2 is 1.56 bits per heavy atom. The lowest BCUT2D eigenvalue weighted by Crippen LogP contribution is -2.50. The van der Waals surface area contributed by atoms with Gasteiger partial charge in [-0.15, -0.1) is 4.91 Å². The number of anilines is 2. The molecule has 1 amide bonds. The van der Waals surface area contributed by atoms with E-state index in [0.717, 1.165) is 18.9 Å². The van der Waals surface area contributed by atoms with Crippen LogP contribution in [0.5, 0.6) is 0 Å². The molecule has 4 rings (SSSR count). The molecule has 1 aliphatic carbocycles. The summed E-state index contributed by atoms with van der Waals surface area (Å²) in [6, 6.07) is 6.77. The van der Waals surface area contributed by atoms with Crippen molar-refractivity contribution in [3.05, 3.63) is 58.0 Å². The number of alkyl halides is 7. The highest BCUT2D eigenvalue weighted by atomic mass is 19.4. The maximum Gasteiger partial charge on any atom is 0.417 e. The number of nitrogens with one attached hydrogen (secondary N) is 1. The molecule has 0 atom stereocenters. The third-order valence-corrected chi connectivity index (χ3v) is 7.42. The van der Waals surface area contributed by atoms with Gasteiger partial charge in [0.05, 0.1) is 17.2 Å².